The maximum absolute atomic E-state index is 11.3. The molecular formula is C24H21Br2NO5. The summed E-state index contributed by atoms with van der Waals surface area (Å²) < 4.78 is 17.9. The number of carbonyl (C=O) groups is 1. The first kappa shape index (κ1) is 23.8. The molecule has 166 valence electrons. The zero-order chi connectivity index (χ0) is 22.9. The maximum Gasteiger partial charge on any atom is 0.347 e. The van der Waals surface area contributed by atoms with Gasteiger partial charge in [0.15, 0.2) is 5.75 Å². The van der Waals surface area contributed by atoms with Crippen LogP contribution in [0.2, 0.25) is 0 Å². The highest BCUT2D eigenvalue weighted by atomic mass is 79.9. The van der Waals surface area contributed by atoms with Crippen LogP contribution < -0.4 is 9.47 Å². The third kappa shape index (κ3) is 6.34. The Morgan fingerprint density at radius 1 is 1.03 bits per heavy atom. The van der Waals surface area contributed by atoms with Gasteiger partial charge in [-0.2, -0.15) is 0 Å². The molecule has 0 radical (unpaired) electrons. The number of carbonyl (C=O) groups excluding carboxylic acids is 1. The minimum Gasteiger partial charge on any atom is -0.496 e. The van der Waals surface area contributed by atoms with E-state index in [2.05, 4.69) is 37.0 Å². The van der Waals surface area contributed by atoms with E-state index in [1.807, 2.05) is 60.7 Å². The molecule has 3 rings (SSSR count). The molecule has 0 aromatic heterocycles. The van der Waals surface area contributed by atoms with Gasteiger partial charge in [-0.15, -0.1) is 0 Å². The van der Waals surface area contributed by atoms with Gasteiger partial charge in [-0.25, -0.2) is 4.79 Å². The van der Waals surface area contributed by atoms with Gasteiger partial charge in [0.1, 0.15) is 11.5 Å². The Labute approximate surface area is 203 Å². The fourth-order valence-corrected chi connectivity index (χ4v) is 4.24. The van der Waals surface area contributed by atoms with E-state index in [0.29, 0.717) is 18.1 Å². The summed E-state index contributed by atoms with van der Waals surface area (Å²) in [4.78, 5) is 16.2. The standard InChI is InChI=1S/C24H21Br2NO5/c1-3-30-23(28)15-31-27-14-16-11-20(25)24(21(26)12-16)32-18-9-10-22(29-2)19(13-18)17-7-5-4-6-8-17/h4-14H,3,15H2,1-2H3/b27-14+. The predicted molar refractivity (Wildman–Crippen MR) is 131 cm³/mol. The van der Waals surface area contributed by atoms with Crippen molar-refractivity contribution in [1.82, 2.24) is 0 Å². The molecule has 0 fully saturated rings. The first-order valence-electron chi connectivity index (χ1n) is 9.73. The van der Waals surface area contributed by atoms with Crippen molar-refractivity contribution in [3.05, 3.63) is 75.2 Å². The van der Waals surface area contributed by atoms with Crippen molar-refractivity contribution in [3.63, 3.8) is 0 Å². The fraction of sp³-hybridized carbons (Fsp3) is 0.167. The Morgan fingerprint density at radius 3 is 2.41 bits per heavy atom. The molecule has 0 saturated heterocycles. The summed E-state index contributed by atoms with van der Waals surface area (Å²) in [6.07, 6.45) is 1.50. The van der Waals surface area contributed by atoms with Crippen molar-refractivity contribution >= 4 is 44.0 Å². The molecule has 0 aliphatic rings. The van der Waals surface area contributed by atoms with Crippen LogP contribution in [0.4, 0.5) is 0 Å². The lowest BCUT2D eigenvalue weighted by Crippen LogP contribution is -2.10. The molecule has 0 unspecified atom stereocenters. The highest BCUT2D eigenvalue weighted by Gasteiger charge is 2.13. The molecule has 0 amide bonds. The van der Waals surface area contributed by atoms with Crippen LogP contribution in [-0.4, -0.2) is 32.5 Å². The maximum atomic E-state index is 11.3. The number of hydrogen-bond donors (Lipinski definition) is 0. The largest absolute Gasteiger partial charge is 0.496 e. The van der Waals surface area contributed by atoms with Crippen LogP contribution in [-0.2, 0) is 14.4 Å². The monoisotopic (exact) mass is 561 g/mol. The van der Waals surface area contributed by atoms with Gasteiger partial charge in [-0.05, 0) is 80.2 Å². The van der Waals surface area contributed by atoms with E-state index in [4.69, 9.17) is 19.0 Å². The SMILES string of the molecule is CCOC(=O)CO/N=C/c1cc(Br)c(Oc2ccc(OC)c(-c3ccccc3)c2)c(Br)c1. The molecule has 0 heterocycles. The molecule has 3 aromatic carbocycles. The van der Waals surface area contributed by atoms with Gasteiger partial charge < -0.3 is 19.0 Å². The molecule has 0 bridgehead atoms. The van der Waals surface area contributed by atoms with E-state index in [0.717, 1.165) is 31.4 Å². The highest BCUT2D eigenvalue weighted by molar-refractivity contribution is 9.11. The van der Waals surface area contributed by atoms with Gasteiger partial charge in [-0.1, -0.05) is 35.5 Å². The average molecular weight is 563 g/mol. The first-order chi connectivity index (χ1) is 15.5. The molecule has 0 N–H and O–H groups in total. The van der Waals surface area contributed by atoms with Crippen LogP contribution in [0.3, 0.4) is 0 Å². The van der Waals surface area contributed by atoms with Crippen LogP contribution in [0.25, 0.3) is 11.1 Å². The molecule has 0 aliphatic heterocycles. The van der Waals surface area contributed by atoms with Crippen LogP contribution >= 0.6 is 31.9 Å². The van der Waals surface area contributed by atoms with Gasteiger partial charge in [0.05, 0.1) is 28.9 Å². The van der Waals surface area contributed by atoms with E-state index >= 15 is 0 Å². The summed E-state index contributed by atoms with van der Waals surface area (Å²) in [5.41, 5.74) is 2.71. The van der Waals surface area contributed by atoms with Crippen molar-refractivity contribution in [2.24, 2.45) is 5.16 Å². The van der Waals surface area contributed by atoms with Crippen LogP contribution in [0.15, 0.2) is 74.8 Å². The van der Waals surface area contributed by atoms with Crippen molar-refractivity contribution in [1.29, 1.82) is 0 Å². The number of oxime groups is 1. The fourth-order valence-electron chi connectivity index (χ4n) is 2.85. The number of benzene rings is 3. The van der Waals surface area contributed by atoms with Crippen LogP contribution in [0.1, 0.15) is 12.5 Å². The van der Waals surface area contributed by atoms with Crippen LogP contribution in [0.5, 0.6) is 17.2 Å². The Hall–Kier alpha value is -2.84. The zero-order valence-electron chi connectivity index (χ0n) is 17.5. The number of nitrogens with zero attached hydrogens (tertiary/aromatic N) is 1. The van der Waals surface area contributed by atoms with E-state index < -0.39 is 5.97 Å². The molecule has 0 atom stereocenters. The van der Waals surface area contributed by atoms with Gasteiger partial charge in [0.25, 0.3) is 0 Å². The van der Waals surface area contributed by atoms with Crippen molar-refractivity contribution in [3.8, 4) is 28.4 Å². The van der Waals surface area contributed by atoms with Gasteiger partial charge >= 0.3 is 5.97 Å². The molecule has 32 heavy (non-hydrogen) atoms. The summed E-state index contributed by atoms with van der Waals surface area (Å²) in [6, 6.07) is 19.3. The van der Waals surface area contributed by atoms with Gasteiger partial charge in [0, 0.05) is 5.56 Å². The molecular weight excluding hydrogens is 542 g/mol. The zero-order valence-corrected chi connectivity index (χ0v) is 20.7. The average Bonchev–Trinajstić information content (AvgIpc) is 2.80. The summed E-state index contributed by atoms with van der Waals surface area (Å²) in [5, 5.41) is 3.80. The Balaban J connectivity index is 1.77. The van der Waals surface area contributed by atoms with E-state index in [1.165, 1.54) is 6.21 Å². The second-order valence-corrected chi connectivity index (χ2v) is 8.17. The van der Waals surface area contributed by atoms with Crippen LogP contribution in [0, 0.1) is 0 Å². The van der Waals surface area contributed by atoms with Gasteiger partial charge in [-0.3, -0.25) is 0 Å². The third-order valence-electron chi connectivity index (χ3n) is 4.26. The molecule has 0 aliphatic carbocycles. The summed E-state index contributed by atoms with van der Waals surface area (Å²) in [5.74, 6) is 1.56. The smallest absolute Gasteiger partial charge is 0.347 e. The number of methoxy groups -OCH3 is 1. The number of rotatable bonds is 9. The number of esters is 1. The molecule has 0 saturated carbocycles. The second-order valence-electron chi connectivity index (χ2n) is 6.46. The highest BCUT2D eigenvalue weighted by Crippen LogP contribution is 2.40. The minimum atomic E-state index is -0.467. The molecule has 8 heteroatoms. The molecule has 0 spiro atoms. The Bertz CT molecular complexity index is 1080. The van der Waals surface area contributed by atoms with Crippen molar-refractivity contribution < 1.29 is 23.8 Å². The lowest BCUT2D eigenvalue weighted by atomic mass is 10.0. The predicted octanol–water partition coefficient (Wildman–Crippen LogP) is 6.59. The lowest BCUT2D eigenvalue weighted by Gasteiger charge is -2.14. The molecule has 3 aromatic rings. The topological polar surface area (TPSA) is 66.4 Å². The van der Waals surface area contributed by atoms with Gasteiger partial charge in [0.2, 0.25) is 6.61 Å². The minimum absolute atomic E-state index is 0.241. The third-order valence-corrected chi connectivity index (χ3v) is 5.44. The molecule has 6 nitrogen and oxygen atoms in total. The van der Waals surface area contributed by atoms with Crippen molar-refractivity contribution in [2.75, 3.05) is 20.3 Å². The van der Waals surface area contributed by atoms with Crippen molar-refractivity contribution in [2.45, 2.75) is 6.92 Å². The Morgan fingerprint density at radius 2 is 1.75 bits per heavy atom. The lowest BCUT2D eigenvalue weighted by molar-refractivity contribution is -0.148. The number of ether oxygens (including phenoxy) is 3. The first-order valence-corrected chi connectivity index (χ1v) is 11.3. The second kappa shape index (κ2) is 11.7. The quantitative estimate of drug-likeness (QED) is 0.167. The summed E-state index contributed by atoms with van der Waals surface area (Å²) in [7, 11) is 1.65. The summed E-state index contributed by atoms with van der Waals surface area (Å²) in [6.45, 7) is 1.79. The Kier molecular flexibility index (Phi) is 8.70. The summed E-state index contributed by atoms with van der Waals surface area (Å²) >= 11 is 7.09. The van der Waals surface area contributed by atoms with E-state index in [9.17, 15) is 4.79 Å². The van der Waals surface area contributed by atoms with E-state index in [1.54, 1.807) is 14.0 Å². The number of hydrogen-bond acceptors (Lipinski definition) is 6. The normalized spacial score (nSPS) is 10.8. The number of halogens is 2. The van der Waals surface area contributed by atoms with E-state index in [-0.39, 0.29) is 6.61 Å².